The Morgan fingerprint density at radius 2 is 1.80 bits per heavy atom. The van der Waals surface area contributed by atoms with Crippen molar-refractivity contribution in [2.45, 2.75) is 62.4 Å². The third-order valence-electron chi connectivity index (χ3n) is 7.01. The maximum Gasteiger partial charge on any atom is 0.285 e. The molecule has 5 nitrogen and oxygen atoms in total. The summed E-state index contributed by atoms with van der Waals surface area (Å²) in [6.07, 6.45) is 6.05. The molecule has 0 radical (unpaired) electrons. The lowest BCUT2D eigenvalue weighted by Gasteiger charge is -2.42. The third kappa shape index (κ3) is 2.14. The molecule has 0 unspecified atom stereocenters. The van der Waals surface area contributed by atoms with E-state index >= 15 is 0 Å². The van der Waals surface area contributed by atoms with Gasteiger partial charge in [-0.15, -0.1) is 0 Å². The third-order valence-corrected chi connectivity index (χ3v) is 7.01. The number of nitrogens with zero attached hydrogens (tertiary/aromatic N) is 2. The number of rotatable bonds is 3. The van der Waals surface area contributed by atoms with Crippen LogP contribution < -0.4 is 0 Å². The molecule has 134 valence electrons. The molecule has 0 N–H and O–H groups in total. The quantitative estimate of drug-likeness (QED) is 0.624. The van der Waals surface area contributed by atoms with E-state index in [4.69, 9.17) is 0 Å². The Bertz CT molecular complexity index is 685. The first-order chi connectivity index (χ1) is 12.0. The number of Topliss-reactive ketones (excluding diaryl/α,β-unsaturated/α-hetero) is 1. The normalized spacial score (nSPS) is 38.7. The predicted octanol–water partition coefficient (Wildman–Crippen LogP) is 3.41. The maximum atomic E-state index is 13.7. The molecule has 0 bridgehead atoms. The molecule has 0 amide bonds. The highest BCUT2D eigenvalue weighted by Crippen LogP contribution is 2.60. The summed E-state index contributed by atoms with van der Waals surface area (Å²) in [4.78, 5) is 27.8. The average Bonchev–Trinajstić information content (AvgIpc) is 3.14. The number of benzene rings is 1. The minimum atomic E-state index is -1.52. The smallest absolute Gasteiger partial charge is 0.285 e. The van der Waals surface area contributed by atoms with E-state index in [1.54, 1.807) is 6.92 Å². The van der Waals surface area contributed by atoms with Gasteiger partial charge in [0.2, 0.25) is 5.78 Å². The Hall–Kier alpha value is -1.75. The molecule has 0 spiro atoms. The molecule has 4 atom stereocenters. The highest BCUT2D eigenvalue weighted by Gasteiger charge is 2.75. The maximum absolute atomic E-state index is 13.7. The Morgan fingerprint density at radius 1 is 1.12 bits per heavy atom. The highest BCUT2D eigenvalue weighted by molar-refractivity contribution is 6.00. The summed E-state index contributed by atoms with van der Waals surface area (Å²) in [5.41, 5.74) is -1.20. The van der Waals surface area contributed by atoms with E-state index < -0.39 is 11.1 Å². The van der Waals surface area contributed by atoms with Crippen molar-refractivity contribution in [2.75, 3.05) is 13.1 Å². The van der Waals surface area contributed by atoms with Gasteiger partial charge >= 0.3 is 0 Å². The van der Waals surface area contributed by atoms with Gasteiger partial charge in [0, 0.05) is 11.8 Å². The fourth-order valence-corrected chi connectivity index (χ4v) is 5.95. The summed E-state index contributed by atoms with van der Waals surface area (Å²) in [6, 6.07) is 9.71. The molecule has 2 saturated carbocycles. The number of hydrogen-bond acceptors (Lipinski definition) is 4. The van der Waals surface area contributed by atoms with E-state index in [0.29, 0.717) is 0 Å². The van der Waals surface area contributed by atoms with Crippen LogP contribution in [-0.4, -0.2) is 39.8 Å². The lowest BCUT2D eigenvalue weighted by atomic mass is 9.77. The lowest BCUT2D eigenvalue weighted by Crippen LogP contribution is -2.59. The van der Waals surface area contributed by atoms with Crippen LogP contribution in [0.2, 0.25) is 0 Å². The molecule has 5 heteroatoms. The average molecular weight is 342 g/mol. The molecule has 3 fully saturated rings. The summed E-state index contributed by atoms with van der Waals surface area (Å²) in [7, 11) is 0. The van der Waals surface area contributed by atoms with Gasteiger partial charge in [-0.2, -0.15) is 0 Å². The van der Waals surface area contributed by atoms with Gasteiger partial charge in [0.1, 0.15) is 0 Å². The highest BCUT2D eigenvalue weighted by atomic mass is 16.6. The van der Waals surface area contributed by atoms with Gasteiger partial charge in [0.15, 0.2) is 0 Å². The van der Waals surface area contributed by atoms with Gasteiger partial charge in [-0.1, -0.05) is 43.2 Å². The van der Waals surface area contributed by atoms with Crippen LogP contribution in [0.4, 0.5) is 0 Å². The zero-order valence-electron chi connectivity index (χ0n) is 14.8. The van der Waals surface area contributed by atoms with E-state index in [1.807, 2.05) is 30.3 Å². The predicted molar refractivity (Wildman–Crippen MR) is 95.1 cm³/mol. The molecule has 4 rings (SSSR count). The number of likely N-dealkylation sites (tertiary alicyclic amines) is 1. The molecular weight excluding hydrogens is 316 g/mol. The van der Waals surface area contributed by atoms with Crippen LogP contribution in [0.25, 0.3) is 0 Å². The Kier molecular flexibility index (Phi) is 3.95. The first-order valence-corrected chi connectivity index (χ1v) is 9.52. The first-order valence-electron chi connectivity index (χ1n) is 9.52. The molecular formula is C20H26N2O3. The van der Waals surface area contributed by atoms with E-state index in [9.17, 15) is 14.9 Å². The molecule has 0 aromatic heterocycles. The number of fused-ring (bicyclic) bond motifs is 1. The van der Waals surface area contributed by atoms with Crippen molar-refractivity contribution in [1.29, 1.82) is 0 Å². The second kappa shape index (κ2) is 5.90. The molecule has 1 aromatic rings. The van der Waals surface area contributed by atoms with Gasteiger partial charge in [-0.3, -0.25) is 19.8 Å². The summed E-state index contributed by atoms with van der Waals surface area (Å²) in [6.45, 7) is 3.38. The number of ketones is 1. The van der Waals surface area contributed by atoms with Gasteiger partial charge in [-0.05, 0) is 50.3 Å². The summed E-state index contributed by atoms with van der Waals surface area (Å²) in [5.74, 6) is -0.417. The van der Waals surface area contributed by atoms with Crippen LogP contribution in [0.15, 0.2) is 30.3 Å². The number of piperidine rings is 1. The van der Waals surface area contributed by atoms with Crippen LogP contribution in [0, 0.1) is 16.0 Å². The molecule has 1 aromatic carbocycles. The SMILES string of the molecule is C[C@]1([N+](=O)[O-])C(=O)[C@@]2(N3CCCCC3)CCC[C@H]2[C@@H]1c1ccccc1. The van der Waals surface area contributed by atoms with E-state index in [0.717, 1.165) is 50.8 Å². The van der Waals surface area contributed by atoms with Crippen LogP contribution in [-0.2, 0) is 4.79 Å². The molecule has 3 aliphatic rings. The van der Waals surface area contributed by atoms with Crippen molar-refractivity contribution < 1.29 is 9.72 Å². The van der Waals surface area contributed by atoms with Gasteiger partial charge in [-0.25, -0.2) is 0 Å². The zero-order chi connectivity index (χ0) is 17.7. The fourth-order valence-electron chi connectivity index (χ4n) is 5.95. The lowest BCUT2D eigenvalue weighted by molar-refractivity contribution is -0.550. The number of carbonyl (C=O) groups is 1. The van der Waals surface area contributed by atoms with Gasteiger partial charge in [0.25, 0.3) is 5.54 Å². The number of nitro groups is 1. The Balaban J connectivity index is 1.86. The van der Waals surface area contributed by atoms with E-state index in [1.165, 1.54) is 6.42 Å². The van der Waals surface area contributed by atoms with Crippen molar-refractivity contribution in [2.24, 2.45) is 5.92 Å². The second-order valence-electron chi connectivity index (χ2n) is 8.09. The van der Waals surface area contributed by atoms with Crippen LogP contribution in [0.1, 0.15) is 56.9 Å². The number of hydrogen-bond donors (Lipinski definition) is 0. The van der Waals surface area contributed by atoms with Crippen LogP contribution >= 0.6 is 0 Å². The summed E-state index contributed by atoms with van der Waals surface area (Å²) in [5, 5.41) is 12.1. The molecule has 1 aliphatic heterocycles. The first kappa shape index (κ1) is 16.7. The van der Waals surface area contributed by atoms with Crippen molar-refractivity contribution in [3.8, 4) is 0 Å². The molecule has 1 heterocycles. The van der Waals surface area contributed by atoms with Crippen molar-refractivity contribution in [1.82, 2.24) is 4.90 Å². The Morgan fingerprint density at radius 3 is 2.44 bits per heavy atom. The van der Waals surface area contributed by atoms with Crippen molar-refractivity contribution >= 4 is 5.78 Å². The minimum absolute atomic E-state index is 0.0518. The second-order valence-corrected chi connectivity index (χ2v) is 8.09. The number of carbonyl (C=O) groups excluding carboxylic acids is 1. The molecule has 1 saturated heterocycles. The van der Waals surface area contributed by atoms with Crippen LogP contribution in [0.5, 0.6) is 0 Å². The summed E-state index contributed by atoms with van der Waals surface area (Å²) < 4.78 is 0. The topological polar surface area (TPSA) is 63.5 Å². The fraction of sp³-hybridized carbons (Fsp3) is 0.650. The minimum Gasteiger partial charge on any atom is -0.291 e. The van der Waals surface area contributed by atoms with E-state index in [-0.39, 0.29) is 22.5 Å². The largest absolute Gasteiger partial charge is 0.291 e. The van der Waals surface area contributed by atoms with Gasteiger partial charge < -0.3 is 0 Å². The van der Waals surface area contributed by atoms with Gasteiger partial charge in [0.05, 0.1) is 11.5 Å². The zero-order valence-corrected chi connectivity index (χ0v) is 14.8. The van der Waals surface area contributed by atoms with E-state index in [2.05, 4.69) is 4.90 Å². The molecule has 2 aliphatic carbocycles. The molecule has 25 heavy (non-hydrogen) atoms. The van der Waals surface area contributed by atoms with Crippen molar-refractivity contribution in [3.63, 3.8) is 0 Å². The monoisotopic (exact) mass is 342 g/mol. The van der Waals surface area contributed by atoms with Crippen molar-refractivity contribution in [3.05, 3.63) is 46.0 Å². The van der Waals surface area contributed by atoms with Crippen LogP contribution in [0.3, 0.4) is 0 Å². The Labute approximate surface area is 148 Å². The summed E-state index contributed by atoms with van der Waals surface area (Å²) >= 11 is 0. The standard InChI is InChI=1S/C20H26N2O3/c1-19(22(24)25)17(15-9-4-2-5-10-15)16-11-8-12-20(16,18(19)23)21-13-6-3-7-14-21/h2,4-5,9-10,16-17H,3,6-8,11-14H2,1H3/t16-,17-,19+,20+/m0/s1.